The van der Waals surface area contributed by atoms with Gasteiger partial charge < -0.3 is 31.1 Å². The molecule has 4 amide bonds. The summed E-state index contributed by atoms with van der Waals surface area (Å²) in [6.07, 6.45) is -0.0923. The number of hydrogen-bond acceptors (Lipinski definition) is 5. The fourth-order valence-corrected chi connectivity index (χ4v) is 4.15. The van der Waals surface area contributed by atoms with Gasteiger partial charge in [0.05, 0.1) is 25.1 Å². The van der Waals surface area contributed by atoms with Crippen molar-refractivity contribution in [2.45, 2.75) is 19.4 Å². The van der Waals surface area contributed by atoms with Crippen LogP contribution in [0.4, 0.5) is 21.9 Å². The predicted molar refractivity (Wildman–Crippen MR) is 160 cm³/mol. The van der Waals surface area contributed by atoms with Gasteiger partial charge in [0.15, 0.2) is 0 Å². The first-order valence-electron chi connectivity index (χ1n) is 13.0. The molecule has 1 atom stereocenters. The third kappa shape index (κ3) is 7.95. The summed E-state index contributed by atoms with van der Waals surface area (Å²) in [6, 6.07) is 25.5. The molecular weight excluding hydrogens is 536 g/mol. The molecule has 0 fully saturated rings. The lowest BCUT2D eigenvalue weighted by Crippen LogP contribution is -2.31. The number of nitrogens with one attached hydrogen (secondary N) is 4. The van der Waals surface area contributed by atoms with Crippen molar-refractivity contribution < 1.29 is 29.0 Å². The Labute approximate surface area is 242 Å². The van der Waals surface area contributed by atoms with Crippen LogP contribution >= 0.6 is 0 Å². The molecule has 0 bridgehead atoms. The van der Waals surface area contributed by atoms with Crippen LogP contribution in [0.15, 0.2) is 97.1 Å². The molecule has 5 N–H and O–H groups in total. The predicted octanol–water partition coefficient (Wildman–Crippen LogP) is 5.85. The van der Waals surface area contributed by atoms with E-state index in [1.165, 1.54) is 31.4 Å². The average Bonchev–Trinajstić information content (AvgIpc) is 2.99. The van der Waals surface area contributed by atoms with Gasteiger partial charge in [-0.2, -0.15) is 0 Å². The van der Waals surface area contributed by atoms with Crippen molar-refractivity contribution in [1.29, 1.82) is 0 Å². The van der Waals surface area contributed by atoms with E-state index in [1.807, 2.05) is 31.2 Å². The van der Waals surface area contributed by atoms with Crippen LogP contribution in [0.5, 0.6) is 5.75 Å². The quantitative estimate of drug-likeness (QED) is 0.163. The van der Waals surface area contributed by atoms with Crippen LogP contribution in [0, 0.1) is 6.92 Å². The summed E-state index contributed by atoms with van der Waals surface area (Å²) in [6.45, 7) is 1.90. The zero-order chi connectivity index (χ0) is 30.1. The van der Waals surface area contributed by atoms with Crippen molar-refractivity contribution in [2.75, 3.05) is 23.1 Å². The molecular formula is C32H30N4O6. The number of methoxy groups -OCH3 is 1. The number of para-hydroxylation sites is 1. The normalized spacial score (nSPS) is 11.1. The Kier molecular flexibility index (Phi) is 9.52. The van der Waals surface area contributed by atoms with Crippen molar-refractivity contribution in [3.05, 3.63) is 119 Å². The number of carbonyl (C=O) groups excluding carboxylic acids is 3. The summed E-state index contributed by atoms with van der Waals surface area (Å²) >= 11 is 0. The summed E-state index contributed by atoms with van der Waals surface area (Å²) in [5, 5.41) is 20.3. The van der Waals surface area contributed by atoms with Gasteiger partial charge in [-0.05, 0) is 84.8 Å². The van der Waals surface area contributed by atoms with Gasteiger partial charge in [-0.15, -0.1) is 0 Å². The van der Waals surface area contributed by atoms with Crippen LogP contribution in [0.1, 0.15) is 44.3 Å². The van der Waals surface area contributed by atoms with Crippen LogP contribution in [-0.2, 0) is 4.79 Å². The fourth-order valence-electron chi connectivity index (χ4n) is 4.15. The molecule has 42 heavy (non-hydrogen) atoms. The van der Waals surface area contributed by atoms with Gasteiger partial charge in [0.2, 0.25) is 5.91 Å². The second-order valence-corrected chi connectivity index (χ2v) is 9.41. The number of rotatable bonds is 10. The molecule has 10 heteroatoms. The molecule has 0 saturated carbocycles. The summed E-state index contributed by atoms with van der Waals surface area (Å²) in [4.78, 5) is 49.6. The van der Waals surface area contributed by atoms with E-state index in [9.17, 15) is 19.2 Å². The lowest BCUT2D eigenvalue weighted by atomic mass is 10.0. The molecule has 0 spiro atoms. The molecule has 0 radical (unpaired) electrons. The number of hydrogen-bond donors (Lipinski definition) is 5. The van der Waals surface area contributed by atoms with E-state index >= 15 is 0 Å². The first kappa shape index (κ1) is 29.3. The van der Waals surface area contributed by atoms with E-state index in [4.69, 9.17) is 9.84 Å². The summed E-state index contributed by atoms with van der Waals surface area (Å²) in [7, 11) is 1.52. The first-order chi connectivity index (χ1) is 20.2. The monoisotopic (exact) mass is 566 g/mol. The zero-order valence-corrected chi connectivity index (χ0v) is 23.0. The Balaban J connectivity index is 1.41. The van der Waals surface area contributed by atoms with Crippen LogP contribution in [0.3, 0.4) is 0 Å². The number of aryl methyl sites for hydroxylation is 1. The number of urea groups is 1. The van der Waals surface area contributed by atoms with E-state index in [-0.39, 0.29) is 23.5 Å². The molecule has 0 aromatic heterocycles. The van der Waals surface area contributed by atoms with E-state index in [0.717, 1.165) is 5.56 Å². The highest BCUT2D eigenvalue weighted by molar-refractivity contribution is 6.00. The van der Waals surface area contributed by atoms with E-state index < -0.39 is 23.9 Å². The van der Waals surface area contributed by atoms with Crippen LogP contribution in [0.25, 0.3) is 0 Å². The second kappa shape index (κ2) is 13.6. The average molecular weight is 567 g/mol. The number of benzene rings is 4. The number of anilines is 3. The second-order valence-electron chi connectivity index (χ2n) is 9.41. The molecule has 4 aromatic rings. The molecule has 0 heterocycles. The number of ether oxygens (including phenoxy) is 1. The fraction of sp³-hybridized carbons (Fsp3) is 0.125. The summed E-state index contributed by atoms with van der Waals surface area (Å²) in [5.74, 6) is -1.36. The summed E-state index contributed by atoms with van der Waals surface area (Å²) < 4.78 is 5.31. The molecule has 1 unspecified atom stereocenters. The van der Waals surface area contributed by atoms with Crippen molar-refractivity contribution >= 4 is 40.9 Å². The van der Waals surface area contributed by atoms with Gasteiger partial charge in [0, 0.05) is 22.6 Å². The Morgan fingerprint density at radius 3 is 2.05 bits per heavy atom. The third-order valence-electron chi connectivity index (χ3n) is 6.40. The number of carboxylic acids is 1. The number of amides is 4. The smallest absolute Gasteiger partial charge is 0.335 e. The Morgan fingerprint density at radius 2 is 1.40 bits per heavy atom. The minimum Gasteiger partial charge on any atom is -0.497 e. The topological polar surface area (TPSA) is 146 Å². The molecule has 10 nitrogen and oxygen atoms in total. The van der Waals surface area contributed by atoms with Gasteiger partial charge in [0.25, 0.3) is 5.91 Å². The highest BCUT2D eigenvalue weighted by Gasteiger charge is 2.20. The molecule has 4 rings (SSSR count). The van der Waals surface area contributed by atoms with Crippen LogP contribution in [0.2, 0.25) is 0 Å². The number of aromatic carboxylic acids is 1. The van der Waals surface area contributed by atoms with Gasteiger partial charge >= 0.3 is 12.0 Å². The highest BCUT2D eigenvalue weighted by atomic mass is 16.5. The standard InChI is InChI=1S/C32H30N4O6/c1-20-6-3-4-9-27(20)36-32(41)34-25-16-14-24(15-17-25)33-29(37)19-28(23-7-5-8-26(18-23)42-2)35-30(38)21-10-12-22(13-11-21)31(39)40/h3-18,28H,19H2,1-2H3,(H,33,37)(H,35,38)(H,39,40)(H2,34,36,41). The van der Waals surface area contributed by atoms with E-state index in [1.54, 1.807) is 48.5 Å². The maximum absolute atomic E-state index is 13.0. The molecule has 0 aliphatic carbocycles. The zero-order valence-electron chi connectivity index (χ0n) is 23.0. The van der Waals surface area contributed by atoms with Gasteiger partial charge in [-0.1, -0.05) is 30.3 Å². The third-order valence-corrected chi connectivity index (χ3v) is 6.40. The van der Waals surface area contributed by atoms with Crippen molar-refractivity contribution in [2.24, 2.45) is 0 Å². The highest BCUT2D eigenvalue weighted by Crippen LogP contribution is 2.24. The largest absolute Gasteiger partial charge is 0.497 e. The Hall–Kier alpha value is -5.64. The molecule has 214 valence electrons. The number of carbonyl (C=O) groups is 4. The van der Waals surface area contributed by atoms with E-state index in [0.29, 0.717) is 28.4 Å². The van der Waals surface area contributed by atoms with Crippen LogP contribution < -0.4 is 26.0 Å². The van der Waals surface area contributed by atoms with Crippen molar-refractivity contribution in [3.8, 4) is 5.75 Å². The molecule has 4 aromatic carbocycles. The Morgan fingerprint density at radius 1 is 0.762 bits per heavy atom. The SMILES string of the molecule is COc1cccc(C(CC(=O)Nc2ccc(NC(=O)Nc3ccccc3C)cc2)NC(=O)c2ccc(C(=O)O)cc2)c1. The Bertz CT molecular complexity index is 1590. The molecule has 0 aliphatic rings. The maximum Gasteiger partial charge on any atom is 0.335 e. The molecule has 0 saturated heterocycles. The number of carboxylic acid groups (broad SMARTS) is 1. The van der Waals surface area contributed by atoms with Gasteiger partial charge in [-0.25, -0.2) is 9.59 Å². The van der Waals surface area contributed by atoms with Crippen molar-refractivity contribution in [1.82, 2.24) is 5.32 Å². The first-order valence-corrected chi connectivity index (χ1v) is 13.0. The minimum atomic E-state index is -1.10. The minimum absolute atomic E-state index is 0.0587. The van der Waals surface area contributed by atoms with Gasteiger partial charge in [0.1, 0.15) is 5.75 Å². The van der Waals surface area contributed by atoms with Crippen LogP contribution in [-0.4, -0.2) is 36.0 Å². The molecule has 0 aliphatic heterocycles. The van der Waals surface area contributed by atoms with Crippen molar-refractivity contribution in [3.63, 3.8) is 0 Å². The maximum atomic E-state index is 13.0. The lowest BCUT2D eigenvalue weighted by Gasteiger charge is -2.20. The van der Waals surface area contributed by atoms with E-state index in [2.05, 4.69) is 21.3 Å². The van der Waals surface area contributed by atoms with Gasteiger partial charge in [-0.3, -0.25) is 9.59 Å². The lowest BCUT2D eigenvalue weighted by molar-refractivity contribution is -0.116. The summed E-state index contributed by atoms with van der Waals surface area (Å²) in [5.41, 5.74) is 3.64.